The number of hydrogen-bond acceptors (Lipinski definition) is 7. The van der Waals surface area contributed by atoms with Crippen molar-refractivity contribution in [2.75, 3.05) is 0 Å². The van der Waals surface area contributed by atoms with Crippen LogP contribution < -0.4 is 5.32 Å². The fourth-order valence-corrected chi connectivity index (χ4v) is 2.96. The summed E-state index contributed by atoms with van der Waals surface area (Å²) in [7, 11) is -1.38. The van der Waals surface area contributed by atoms with Crippen LogP contribution in [-0.2, 0) is 23.8 Å². The first-order valence-electron chi connectivity index (χ1n) is 7.37. The normalized spacial score (nSPS) is 20.7. The molecule has 0 radical (unpaired) electrons. The molecule has 0 spiro atoms. The molecule has 132 valence electrons. The summed E-state index contributed by atoms with van der Waals surface area (Å²) in [5.74, 6) is -2.39. The molecule has 1 aromatic heterocycles. The molecule has 0 saturated heterocycles. The highest BCUT2D eigenvalue weighted by Crippen LogP contribution is 2.21. The smallest absolute Gasteiger partial charge is 0.478 e. The molecular weight excluding hydrogens is 349 g/mol. The van der Waals surface area contributed by atoms with Gasteiger partial charge in [0.1, 0.15) is 6.26 Å². The Morgan fingerprint density at radius 1 is 1.52 bits per heavy atom. The molecule has 0 fully saturated rings. The number of carboxylic acids is 1. The maximum atomic E-state index is 12.5. The first-order chi connectivity index (χ1) is 12.0. The van der Waals surface area contributed by atoms with Crippen molar-refractivity contribution >= 4 is 42.4 Å². The van der Waals surface area contributed by atoms with Crippen molar-refractivity contribution in [1.29, 1.82) is 0 Å². The third-order valence-corrected chi connectivity index (χ3v) is 4.27. The Hall–Kier alpha value is -2.43. The summed E-state index contributed by atoms with van der Waals surface area (Å²) in [6, 6.07) is 3.43. The zero-order valence-corrected chi connectivity index (χ0v) is 13.8. The van der Waals surface area contributed by atoms with Gasteiger partial charge in [-0.05, 0) is 17.9 Å². The number of nitrogens with one attached hydrogen (secondary N) is 1. The van der Waals surface area contributed by atoms with E-state index in [1.807, 2.05) is 0 Å². The Bertz CT molecular complexity index is 673. The number of aliphatic carboxylic acids is 1. The molecular formula is C15H16BNO7S. The van der Waals surface area contributed by atoms with Gasteiger partial charge in [-0.2, -0.15) is 0 Å². The van der Waals surface area contributed by atoms with Crippen LogP contribution in [0.5, 0.6) is 0 Å². The van der Waals surface area contributed by atoms with E-state index >= 15 is 0 Å². The maximum absolute atomic E-state index is 12.5. The van der Waals surface area contributed by atoms with Gasteiger partial charge in [0, 0.05) is 4.88 Å². The summed E-state index contributed by atoms with van der Waals surface area (Å²) in [4.78, 5) is 34.2. The Morgan fingerprint density at radius 3 is 2.96 bits per heavy atom. The van der Waals surface area contributed by atoms with Crippen molar-refractivity contribution < 1.29 is 33.9 Å². The zero-order chi connectivity index (χ0) is 18.2. The maximum Gasteiger partial charge on any atom is 0.478 e. The number of rotatable bonds is 7. The highest BCUT2D eigenvalue weighted by Gasteiger charge is 2.33. The molecule has 0 aliphatic carbocycles. The van der Waals surface area contributed by atoms with Gasteiger partial charge in [0.25, 0.3) is 12.4 Å². The first-order valence-corrected chi connectivity index (χ1v) is 8.25. The standard InChI is InChI=1S/C15H16BNO7S/c18-9-23-8-11(12-4-2-6-25-12)15(21)17-13-5-1-3-10(7-14(19)20)24-16(13)22/h1-4,6,8-10,13,22H,5,7H2,(H,17,21)(H,19,20)/t10-,13+/m1/s1. The molecule has 0 bridgehead atoms. The van der Waals surface area contributed by atoms with E-state index in [0.29, 0.717) is 4.88 Å². The third kappa shape index (κ3) is 5.56. The topological polar surface area (TPSA) is 122 Å². The van der Waals surface area contributed by atoms with Crippen molar-refractivity contribution in [3.05, 3.63) is 40.8 Å². The quantitative estimate of drug-likeness (QED) is 0.212. The molecule has 1 amide bonds. The predicted molar refractivity (Wildman–Crippen MR) is 90.2 cm³/mol. The summed E-state index contributed by atoms with van der Waals surface area (Å²) >= 11 is 1.29. The molecule has 10 heteroatoms. The Balaban J connectivity index is 2.06. The van der Waals surface area contributed by atoms with Crippen LogP contribution in [0, 0.1) is 0 Å². The summed E-state index contributed by atoms with van der Waals surface area (Å²) in [5, 5.41) is 23.3. The number of thiophene rings is 1. The van der Waals surface area contributed by atoms with E-state index in [9.17, 15) is 19.4 Å². The van der Waals surface area contributed by atoms with Gasteiger partial charge in [-0.25, -0.2) is 0 Å². The van der Waals surface area contributed by atoms with Gasteiger partial charge < -0.3 is 24.8 Å². The van der Waals surface area contributed by atoms with E-state index in [-0.39, 0.29) is 24.9 Å². The van der Waals surface area contributed by atoms with Crippen LogP contribution in [0.15, 0.2) is 35.9 Å². The lowest BCUT2D eigenvalue weighted by molar-refractivity contribution is -0.138. The second-order valence-corrected chi connectivity index (χ2v) is 6.10. The SMILES string of the molecule is O=COC=C(C(=O)N[C@H]1CC=C[C@H](CC(=O)O)OB1O)c1cccs1. The Labute approximate surface area is 147 Å². The summed E-state index contributed by atoms with van der Waals surface area (Å²) in [5.41, 5.74) is 0.129. The zero-order valence-electron chi connectivity index (χ0n) is 13.0. The second-order valence-electron chi connectivity index (χ2n) is 5.15. The van der Waals surface area contributed by atoms with Gasteiger partial charge in [-0.3, -0.25) is 14.4 Å². The van der Waals surface area contributed by atoms with Gasteiger partial charge in [-0.15, -0.1) is 11.3 Å². The molecule has 0 unspecified atom stereocenters. The molecule has 0 saturated carbocycles. The second kappa shape index (κ2) is 9.16. The van der Waals surface area contributed by atoms with Crippen LogP contribution in [0.1, 0.15) is 17.7 Å². The number of hydrogen-bond donors (Lipinski definition) is 3. The van der Waals surface area contributed by atoms with Crippen LogP contribution in [-0.4, -0.2) is 47.6 Å². The molecule has 2 rings (SSSR count). The van der Waals surface area contributed by atoms with Crippen LogP contribution in [0.3, 0.4) is 0 Å². The van der Waals surface area contributed by atoms with Crippen LogP contribution in [0.25, 0.3) is 5.57 Å². The highest BCUT2D eigenvalue weighted by atomic mass is 32.1. The van der Waals surface area contributed by atoms with E-state index < -0.39 is 31.0 Å². The van der Waals surface area contributed by atoms with Crippen molar-refractivity contribution in [1.82, 2.24) is 5.32 Å². The predicted octanol–water partition coefficient (Wildman–Crippen LogP) is 0.586. The van der Waals surface area contributed by atoms with Crippen molar-refractivity contribution in [3.8, 4) is 0 Å². The fourth-order valence-electron chi connectivity index (χ4n) is 2.23. The minimum absolute atomic E-state index is 0.129. The third-order valence-electron chi connectivity index (χ3n) is 3.36. The van der Waals surface area contributed by atoms with Gasteiger partial charge in [0.05, 0.1) is 24.0 Å². The summed E-state index contributed by atoms with van der Waals surface area (Å²) in [6.45, 7) is 0.198. The highest BCUT2D eigenvalue weighted by molar-refractivity contribution is 7.11. The fraction of sp³-hybridized carbons (Fsp3) is 0.267. The summed E-state index contributed by atoms with van der Waals surface area (Å²) in [6.07, 6.45) is 3.40. The van der Waals surface area contributed by atoms with Crippen molar-refractivity contribution in [3.63, 3.8) is 0 Å². The minimum atomic E-state index is -1.38. The van der Waals surface area contributed by atoms with E-state index in [1.54, 1.807) is 23.6 Å². The lowest BCUT2D eigenvalue weighted by atomic mass is 9.77. The molecule has 25 heavy (non-hydrogen) atoms. The van der Waals surface area contributed by atoms with E-state index in [4.69, 9.17) is 9.76 Å². The van der Waals surface area contributed by atoms with E-state index in [2.05, 4.69) is 10.1 Å². The number of amides is 1. The van der Waals surface area contributed by atoms with Gasteiger partial charge >= 0.3 is 13.1 Å². The number of ether oxygens (including phenoxy) is 1. The lowest BCUT2D eigenvalue weighted by Gasteiger charge is -2.20. The Morgan fingerprint density at radius 2 is 2.32 bits per heavy atom. The molecule has 2 heterocycles. The molecule has 3 N–H and O–H groups in total. The van der Waals surface area contributed by atoms with E-state index in [0.717, 1.165) is 6.26 Å². The molecule has 0 aromatic carbocycles. The van der Waals surface area contributed by atoms with Crippen LogP contribution in [0.2, 0.25) is 0 Å². The molecule has 1 aliphatic heterocycles. The van der Waals surface area contributed by atoms with Crippen LogP contribution in [0.4, 0.5) is 0 Å². The monoisotopic (exact) mass is 365 g/mol. The first kappa shape index (κ1) is 18.9. The number of carbonyl (C=O) groups is 3. The minimum Gasteiger partial charge on any atom is -0.481 e. The average molecular weight is 365 g/mol. The van der Waals surface area contributed by atoms with E-state index in [1.165, 1.54) is 17.4 Å². The Kier molecular flexibility index (Phi) is 6.93. The van der Waals surface area contributed by atoms with Crippen molar-refractivity contribution in [2.45, 2.75) is 24.9 Å². The molecule has 2 atom stereocenters. The number of carboxylic acid groups (broad SMARTS) is 1. The van der Waals surface area contributed by atoms with Gasteiger partial charge in [0.2, 0.25) is 0 Å². The summed E-state index contributed by atoms with van der Waals surface area (Å²) < 4.78 is 9.83. The average Bonchev–Trinajstić information content (AvgIpc) is 3.02. The van der Waals surface area contributed by atoms with Crippen molar-refractivity contribution in [2.24, 2.45) is 0 Å². The molecule has 8 nitrogen and oxygen atoms in total. The van der Waals surface area contributed by atoms with Gasteiger partial charge in [0.15, 0.2) is 0 Å². The lowest BCUT2D eigenvalue weighted by Crippen LogP contribution is -2.48. The van der Waals surface area contributed by atoms with Gasteiger partial charge in [-0.1, -0.05) is 18.2 Å². The molecule has 1 aromatic rings. The number of carbonyl (C=O) groups excluding carboxylic acids is 2. The van der Waals surface area contributed by atoms with Crippen LogP contribution >= 0.6 is 11.3 Å². The largest absolute Gasteiger partial charge is 0.481 e. The molecule has 1 aliphatic rings.